The molecule has 3 amide bonds. The van der Waals surface area contributed by atoms with Gasteiger partial charge in [-0.15, -0.1) is 0 Å². The van der Waals surface area contributed by atoms with Crippen molar-refractivity contribution in [2.24, 2.45) is 0 Å². The first-order chi connectivity index (χ1) is 10.5. The molecular weight excluding hydrogens is 290 g/mol. The maximum atomic E-state index is 12.0. The standard InChI is InChI=1S/C14H17N3O5/c1-15-11(18)8-17(9-12(19)16-2)14(21)22-13(20)10-6-4-3-5-7-10/h3-7H,8-9H2,1-2H3,(H,15,18)(H,16,19). The third-order valence-electron chi connectivity index (χ3n) is 2.67. The van der Waals surface area contributed by atoms with Crippen molar-refractivity contribution in [1.29, 1.82) is 0 Å². The highest BCUT2D eigenvalue weighted by molar-refractivity contribution is 5.97. The van der Waals surface area contributed by atoms with Crippen molar-refractivity contribution in [1.82, 2.24) is 15.5 Å². The lowest BCUT2D eigenvalue weighted by atomic mass is 10.2. The Hall–Kier alpha value is -2.90. The minimum atomic E-state index is -1.07. The van der Waals surface area contributed by atoms with Crippen LogP contribution < -0.4 is 10.6 Å². The molecule has 0 spiro atoms. The number of carbonyl (C=O) groups is 4. The molecule has 0 heterocycles. The Labute approximate surface area is 127 Å². The van der Waals surface area contributed by atoms with Gasteiger partial charge in [0.2, 0.25) is 11.8 Å². The van der Waals surface area contributed by atoms with Crippen LogP contribution >= 0.6 is 0 Å². The molecule has 8 heteroatoms. The molecule has 2 N–H and O–H groups in total. The van der Waals surface area contributed by atoms with E-state index < -0.39 is 37.0 Å². The van der Waals surface area contributed by atoms with Gasteiger partial charge in [0.1, 0.15) is 13.1 Å². The predicted molar refractivity (Wildman–Crippen MR) is 77.0 cm³/mol. The van der Waals surface area contributed by atoms with Gasteiger partial charge in [-0.05, 0) is 12.1 Å². The molecule has 0 bridgehead atoms. The maximum Gasteiger partial charge on any atom is 0.418 e. The molecule has 8 nitrogen and oxygen atoms in total. The summed E-state index contributed by atoms with van der Waals surface area (Å²) in [5.74, 6) is -1.84. The third-order valence-corrected chi connectivity index (χ3v) is 2.67. The number of nitrogens with one attached hydrogen (secondary N) is 2. The Morgan fingerprint density at radius 3 is 1.91 bits per heavy atom. The van der Waals surface area contributed by atoms with Crippen molar-refractivity contribution in [3.8, 4) is 0 Å². The summed E-state index contributed by atoms with van der Waals surface area (Å²) in [5.41, 5.74) is 0.190. The van der Waals surface area contributed by atoms with Crippen LogP contribution in [0.15, 0.2) is 30.3 Å². The molecule has 0 atom stereocenters. The predicted octanol–water partition coefficient (Wildman–Crippen LogP) is -0.243. The van der Waals surface area contributed by atoms with Crippen LogP contribution in [0.25, 0.3) is 0 Å². The van der Waals surface area contributed by atoms with Crippen LogP contribution in [0.1, 0.15) is 10.4 Å². The Kier molecular flexibility index (Phi) is 6.55. The van der Waals surface area contributed by atoms with E-state index in [0.717, 1.165) is 4.90 Å². The van der Waals surface area contributed by atoms with E-state index >= 15 is 0 Å². The number of hydrogen-bond acceptors (Lipinski definition) is 5. The molecule has 1 aromatic carbocycles. The van der Waals surface area contributed by atoms with E-state index in [9.17, 15) is 19.2 Å². The highest BCUT2D eigenvalue weighted by atomic mass is 16.6. The third kappa shape index (κ3) is 5.23. The van der Waals surface area contributed by atoms with Crippen molar-refractivity contribution in [3.63, 3.8) is 0 Å². The Morgan fingerprint density at radius 1 is 0.955 bits per heavy atom. The first kappa shape index (κ1) is 17.2. The summed E-state index contributed by atoms with van der Waals surface area (Å²) in [7, 11) is 2.78. The fourth-order valence-corrected chi connectivity index (χ4v) is 1.47. The van der Waals surface area contributed by atoms with E-state index in [-0.39, 0.29) is 5.56 Å². The number of likely N-dealkylation sites (N-methyl/N-ethyl adjacent to an activating group) is 2. The van der Waals surface area contributed by atoms with E-state index in [4.69, 9.17) is 0 Å². The molecule has 22 heavy (non-hydrogen) atoms. The fourth-order valence-electron chi connectivity index (χ4n) is 1.47. The number of amides is 3. The Bertz CT molecular complexity index is 541. The minimum Gasteiger partial charge on any atom is -0.372 e. The van der Waals surface area contributed by atoms with Crippen LogP contribution in [0.4, 0.5) is 4.79 Å². The number of ether oxygens (including phenoxy) is 1. The van der Waals surface area contributed by atoms with Gasteiger partial charge < -0.3 is 15.4 Å². The summed E-state index contributed by atoms with van der Waals surface area (Å²) in [6, 6.07) is 7.92. The normalized spacial score (nSPS) is 9.55. The zero-order valence-corrected chi connectivity index (χ0v) is 12.3. The molecule has 0 fully saturated rings. The average molecular weight is 307 g/mol. The van der Waals surface area contributed by atoms with Gasteiger partial charge in [-0.25, -0.2) is 9.59 Å². The van der Waals surface area contributed by atoms with Crippen LogP contribution in [-0.2, 0) is 14.3 Å². The molecule has 0 aliphatic carbocycles. The quantitative estimate of drug-likeness (QED) is 0.577. The number of nitrogens with zero attached hydrogens (tertiary/aromatic N) is 1. The van der Waals surface area contributed by atoms with E-state index in [2.05, 4.69) is 15.4 Å². The van der Waals surface area contributed by atoms with Crippen molar-refractivity contribution in [3.05, 3.63) is 35.9 Å². The SMILES string of the molecule is CNC(=O)CN(CC(=O)NC)C(=O)OC(=O)c1ccccc1. The summed E-state index contributed by atoms with van der Waals surface area (Å²) in [5, 5.41) is 4.64. The molecule has 1 aromatic rings. The molecular formula is C14H17N3O5. The number of hydrogen-bond donors (Lipinski definition) is 2. The highest BCUT2D eigenvalue weighted by Crippen LogP contribution is 2.04. The van der Waals surface area contributed by atoms with Gasteiger partial charge in [0.05, 0.1) is 5.56 Å². The van der Waals surface area contributed by atoms with Crippen LogP contribution in [-0.4, -0.2) is 56.0 Å². The van der Waals surface area contributed by atoms with Gasteiger partial charge in [-0.1, -0.05) is 18.2 Å². The van der Waals surface area contributed by atoms with Gasteiger partial charge in [-0.3, -0.25) is 14.5 Å². The largest absolute Gasteiger partial charge is 0.418 e. The molecule has 0 aliphatic heterocycles. The summed E-state index contributed by atoms with van der Waals surface area (Å²) in [6.45, 7) is -0.796. The van der Waals surface area contributed by atoms with Crippen molar-refractivity contribution in [2.45, 2.75) is 0 Å². The van der Waals surface area contributed by atoms with Crippen molar-refractivity contribution >= 4 is 23.9 Å². The number of rotatable bonds is 5. The number of esters is 1. The van der Waals surface area contributed by atoms with Gasteiger partial charge in [0.15, 0.2) is 0 Å². The molecule has 0 radical (unpaired) electrons. The van der Waals surface area contributed by atoms with Crippen LogP contribution in [0.5, 0.6) is 0 Å². The summed E-state index contributed by atoms with van der Waals surface area (Å²) in [4.78, 5) is 47.3. The molecule has 0 saturated heterocycles. The fraction of sp³-hybridized carbons (Fsp3) is 0.286. The Balaban J connectivity index is 2.76. The zero-order valence-electron chi connectivity index (χ0n) is 12.3. The second-order valence-corrected chi connectivity index (χ2v) is 4.22. The molecule has 0 aromatic heterocycles. The lowest BCUT2D eigenvalue weighted by Crippen LogP contribution is -2.45. The number of carbonyl (C=O) groups excluding carboxylic acids is 4. The molecule has 0 unspecified atom stereocenters. The van der Waals surface area contributed by atoms with E-state index in [1.165, 1.54) is 26.2 Å². The Morgan fingerprint density at radius 2 is 1.45 bits per heavy atom. The van der Waals surface area contributed by atoms with Crippen molar-refractivity contribution in [2.75, 3.05) is 27.2 Å². The second kappa shape index (κ2) is 8.40. The first-order valence-corrected chi connectivity index (χ1v) is 6.45. The lowest BCUT2D eigenvalue weighted by Gasteiger charge is -2.19. The first-order valence-electron chi connectivity index (χ1n) is 6.45. The van der Waals surface area contributed by atoms with Crippen molar-refractivity contribution < 1.29 is 23.9 Å². The lowest BCUT2D eigenvalue weighted by molar-refractivity contribution is -0.124. The van der Waals surface area contributed by atoms with Gasteiger partial charge in [0, 0.05) is 14.1 Å². The molecule has 1 rings (SSSR count). The zero-order chi connectivity index (χ0) is 16.5. The van der Waals surface area contributed by atoms with Gasteiger partial charge in [-0.2, -0.15) is 0 Å². The topological polar surface area (TPSA) is 105 Å². The molecule has 0 aliphatic rings. The minimum absolute atomic E-state index is 0.190. The summed E-state index contributed by atoms with van der Waals surface area (Å²) >= 11 is 0. The van der Waals surface area contributed by atoms with Gasteiger partial charge >= 0.3 is 12.1 Å². The molecule has 118 valence electrons. The van der Waals surface area contributed by atoms with Gasteiger partial charge in [0.25, 0.3) is 0 Å². The highest BCUT2D eigenvalue weighted by Gasteiger charge is 2.23. The van der Waals surface area contributed by atoms with E-state index in [0.29, 0.717) is 0 Å². The van der Waals surface area contributed by atoms with E-state index in [1.54, 1.807) is 18.2 Å². The maximum absolute atomic E-state index is 12.0. The van der Waals surface area contributed by atoms with Crippen LogP contribution in [0.3, 0.4) is 0 Å². The second-order valence-electron chi connectivity index (χ2n) is 4.22. The molecule has 0 saturated carbocycles. The number of benzene rings is 1. The summed E-state index contributed by atoms with van der Waals surface area (Å²) in [6.07, 6.45) is -1.07. The van der Waals surface area contributed by atoms with Crippen LogP contribution in [0, 0.1) is 0 Å². The van der Waals surface area contributed by atoms with E-state index in [1.807, 2.05) is 0 Å². The average Bonchev–Trinajstić information content (AvgIpc) is 2.54. The monoisotopic (exact) mass is 307 g/mol. The smallest absolute Gasteiger partial charge is 0.372 e. The van der Waals surface area contributed by atoms with Crippen LogP contribution in [0.2, 0.25) is 0 Å². The summed E-state index contributed by atoms with van der Waals surface area (Å²) < 4.78 is 4.68.